The number of carbonyl (C=O) groups excluding carboxylic acids is 1. The zero-order valence-electron chi connectivity index (χ0n) is 17.2. The summed E-state index contributed by atoms with van der Waals surface area (Å²) in [4.78, 5) is 13.0. The van der Waals surface area contributed by atoms with E-state index in [0.29, 0.717) is 11.6 Å². The summed E-state index contributed by atoms with van der Waals surface area (Å²) < 4.78 is 15.0. The number of benzene rings is 2. The van der Waals surface area contributed by atoms with Gasteiger partial charge in [0.15, 0.2) is 0 Å². The van der Waals surface area contributed by atoms with Crippen molar-refractivity contribution in [3.63, 3.8) is 0 Å². The molecule has 0 saturated carbocycles. The van der Waals surface area contributed by atoms with E-state index in [1.54, 1.807) is 28.5 Å². The maximum atomic E-state index is 13.3. The van der Waals surface area contributed by atoms with Crippen molar-refractivity contribution in [1.29, 1.82) is 0 Å². The van der Waals surface area contributed by atoms with E-state index in [-0.39, 0.29) is 17.6 Å². The van der Waals surface area contributed by atoms with E-state index in [1.807, 2.05) is 32.1 Å². The molecule has 0 aliphatic carbocycles. The van der Waals surface area contributed by atoms with Crippen LogP contribution in [0.5, 0.6) is 0 Å². The number of carbonyl (C=O) groups is 1. The first-order valence-corrected chi connectivity index (χ1v) is 10.7. The number of amides is 1. The highest BCUT2D eigenvalue weighted by Crippen LogP contribution is 2.40. The van der Waals surface area contributed by atoms with Gasteiger partial charge in [0.1, 0.15) is 11.3 Å². The van der Waals surface area contributed by atoms with Crippen LogP contribution in [0.1, 0.15) is 31.7 Å². The topological polar surface area (TPSA) is 72.7 Å². The Labute approximate surface area is 183 Å². The molecule has 31 heavy (non-hydrogen) atoms. The average molecular weight is 436 g/mol. The van der Waals surface area contributed by atoms with Crippen LogP contribution < -0.4 is 5.32 Å². The first-order valence-electron chi connectivity index (χ1n) is 9.82. The van der Waals surface area contributed by atoms with Crippen molar-refractivity contribution in [2.75, 3.05) is 5.32 Å². The number of hydrogen-bond acceptors (Lipinski definition) is 5. The average Bonchev–Trinajstić information content (AvgIpc) is 3.42. The van der Waals surface area contributed by atoms with Crippen molar-refractivity contribution in [3.8, 4) is 5.69 Å². The zero-order chi connectivity index (χ0) is 22.0. The molecule has 2 aromatic heterocycles. The number of rotatable bonds is 7. The molecule has 0 radical (unpaired) electrons. The second-order valence-electron chi connectivity index (χ2n) is 7.85. The van der Waals surface area contributed by atoms with Gasteiger partial charge in [0.25, 0.3) is 0 Å². The quantitative estimate of drug-likeness (QED) is 0.398. The lowest BCUT2D eigenvalue weighted by molar-refractivity contribution is -0.125. The van der Waals surface area contributed by atoms with E-state index in [2.05, 4.69) is 33.3 Å². The van der Waals surface area contributed by atoms with Crippen molar-refractivity contribution < 1.29 is 9.18 Å². The van der Waals surface area contributed by atoms with Crippen molar-refractivity contribution in [2.24, 2.45) is 5.41 Å². The van der Waals surface area contributed by atoms with Crippen LogP contribution in [0, 0.1) is 11.2 Å². The maximum Gasteiger partial charge on any atom is 0.232 e. The highest BCUT2D eigenvalue weighted by molar-refractivity contribution is 7.13. The van der Waals surface area contributed by atoms with E-state index < -0.39 is 5.41 Å². The molecule has 1 amide bonds. The van der Waals surface area contributed by atoms with E-state index >= 15 is 0 Å². The molecular formula is C23H22FN5OS. The molecule has 2 heterocycles. The van der Waals surface area contributed by atoms with Crippen molar-refractivity contribution in [1.82, 2.24) is 20.0 Å². The number of anilines is 1. The summed E-state index contributed by atoms with van der Waals surface area (Å²) in [6, 6.07) is 12.3. The van der Waals surface area contributed by atoms with Gasteiger partial charge in [-0.1, -0.05) is 37.3 Å². The number of halogens is 1. The lowest BCUT2D eigenvalue weighted by atomic mass is 9.72. The summed E-state index contributed by atoms with van der Waals surface area (Å²) >= 11 is 1.28. The first-order chi connectivity index (χ1) is 14.9. The van der Waals surface area contributed by atoms with Crippen LogP contribution in [0.3, 0.4) is 0 Å². The van der Waals surface area contributed by atoms with Gasteiger partial charge >= 0.3 is 0 Å². The van der Waals surface area contributed by atoms with Crippen LogP contribution >= 0.6 is 11.3 Å². The fourth-order valence-electron chi connectivity index (χ4n) is 3.71. The third kappa shape index (κ3) is 4.11. The van der Waals surface area contributed by atoms with Gasteiger partial charge in [-0.3, -0.25) is 4.79 Å². The SMILES string of the molecule is C=CCC(c1ccc2c(cnn2-c2ccc(F)cc2)c1)C(C)(C)C(=O)Nc1nncs1. The van der Waals surface area contributed by atoms with Crippen molar-refractivity contribution in [2.45, 2.75) is 26.2 Å². The predicted octanol–water partition coefficient (Wildman–Crippen LogP) is 5.34. The Morgan fingerprint density at radius 1 is 1.29 bits per heavy atom. The molecule has 0 saturated heterocycles. The van der Waals surface area contributed by atoms with Crippen LogP contribution in [0.2, 0.25) is 0 Å². The van der Waals surface area contributed by atoms with E-state index in [0.717, 1.165) is 22.2 Å². The summed E-state index contributed by atoms with van der Waals surface area (Å²) in [5, 5.41) is 16.4. The molecular weight excluding hydrogens is 413 g/mol. The molecule has 4 aromatic rings. The molecule has 0 spiro atoms. The van der Waals surface area contributed by atoms with Gasteiger partial charge in [0.2, 0.25) is 11.0 Å². The Morgan fingerprint density at radius 2 is 2.06 bits per heavy atom. The molecule has 1 N–H and O–H groups in total. The third-order valence-electron chi connectivity index (χ3n) is 5.50. The maximum absolute atomic E-state index is 13.3. The Bertz CT molecular complexity index is 1210. The van der Waals surface area contributed by atoms with Gasteiger partial charge in [-0.05, 0) is 48.4 Å². The molecule has 4 rings (SSSR count). The minimum atomic E-state index is -0.722. The summed E-state index contributed by atoms with van der Waals surface area (Å²) in [5.74, 6) is -0.515. The van der Waals surface area contributed by atoms with Gasteiger partial charge in [-0.25, -0.2) is 9.07 Å². The summed E-state index contributed by atoms with van der Waals surface area (Å²) in [6.07, 6.45) is 4.24. The predicted molar refractivity (Wildman–Crippen MR) is 121 cm³/mol. The van der Waals surface area contributed by atoms with Gasteiger partial charge in [-0.2, -0.15) is 5.10 Å². The van der Waals surface area contributed by atoms with Gasteiger partial charge < -0.3 is 5.32 Å². The largest absolute Gasteiger partial charge is 0.300 e. The summed E-state index contributed by atoms with van der Waals surface area (Å²) in [7, 11) is 0. The van der Waals surface area contributed by atoms with Crippen LogP contribution in [0.15, 0.2) is 66.8 Å². The molecule has 0 aliphatic heterocycles. The normalized spacial score (nSPS) is 12.6. The second kappa shape index (κ2) is 8.39. The molecule has 1 unspecified atom stereocenters. The lowest BCUT2D eigenvalue weighted by Gasteiger charge is -2.32. The lowest BCUT2D eigenvalue weighted by Crippen LogP contribution is -2.36. The molecule has 0 fully saturated rings. The number of nitrogens with zero attached hydrogens (tertiary/aromatic N) is 4. The fourth-order valence-corrected chi connectivity index (χ4v) is 4.15. The van der Waals surface area contributed by atoms with E-state index in [9.17, 15) is 9.18 Å². The van der Waals surface area contributed by atoms with Gasteiger partial charge in [0.05, 0.1) is 22.8 Å². The van der Waals surface area contributed by atoms with Crippen molar-refractivity contribution in [3.05, 3.63) is 78.2 Å². The number of aromatic nitrogens is 4. The molecule has 6 nitrogen and oxygen atoms in total. The molecule has 158 valence electrons. The van der Waals surface area contributed by atoms with Crippen LogP contribution in [-0.4, -0.2) is 25.9 Å². The Hall–Kier alpha value is -3.39. The number of hydrogen-bond donors (Lipinski definition) is 1. The second-order valence-corrected chi connectivity index (χ2v) is 8.68. The number of fused-ring (bicyclic) bond motifs is 1. The van der Waals surface area contributed by atoms with E-state index in [4.69, 9.17) is 0 Å². The summed E-state index contributed by atoms with van der Waals surface area (Å²) in [6.45, 7) is 7.73. The molecule has 0 bridgehead atoms. The summed E-state index contributed by atoms with van der Waals surface area (Å²) in [5.41, 5.74) is 3.56. The highest BCUT2D eigenvalue weighted by Gasteiger charge is 2.37. The zero-order valence-corrected chi connectivity index (χ0v) is 18.1. The Kier molecular flexibility index (Phi) is 5.65. The minimum absolute atomic E-state index is 0.100. The van der Waals surface area contributed by atoms with Crippen LogP contribution in [0.4, 0.5) is 9.52 Å². The molecule has 8 heteroatoms. The third-order valence-corrected chi connectivity index (χ3v) is 6.11. The van der Waals surface area contributed by atoms with Crippen LogP contribution in [0.25, 0.3) is 16.6 Å². The minimum Gasteiger partial charge on any atom is -0.300 e. The highest BCUT2D eigenvalue weighted by atomic mass is 32.1. The smallest absolute Gasteiger partial charge is 0.232 e. The monoisotopic (exact) mass is 435 g/mol. The number of allylic oxidation sites excluding steroid dienone is 1. The standard InChI is InChI=1S/C23H22FN5OS/c1-4-5-19(23(2,3)21(30)27-22-28-25-14-31-22)15-6-11-20-16(12-15)13-26-29(20)18-9-7-17(24)8-10-18/h4,6-14,19H,1,5H2,2-3H3,(H,27,28,30). The fraction of sp³-hybridized carbons (Fsp3) is 0.217. The Morgan fingerprint density at radius 3 is 2.74 bits per heavy atom. The first kappa shape index (κ1) is 20.9. The van der Waals surface area contributed by atoms with E-state index in [1.165, 1.54) is 23.5 Å². The van der Waals surface area contributed by atoms with Crippen molar-refractivity contribution >= 4 is 33.3 Å². The molecule has 1 atom stereocenters. The Balaban J connectivity index is 1.68. The number of nitrogens with one attached hydrogen (secondary N) is 1. The van der Waals surface area contributed by atoms with Gasteiger partial charge in [-0.15, -0.1) is 16.8 Å². The molecule has 0 aliphatic rings. The molecule has 2 aromatic carbocycles. The van der Waals surface area contributed by atoms with Crippen LogP contribution in [-0.2, 0) is 4.79 Å². The van der Waals surface area contributed by atoms with Gasteiger partial charge in [0, 0.05) is 11.3 Å².